The Hall–Kier alpha value is -4.61. The van der Waals surface area contributed by atoms with Gasteiger partial charge in [-0.05, 0) is 61.9 Å². The molecule has 214 valence electrons. The number of carbonyl (C=O) groups is 2. The van der Waals surface area contributed by atoms with Crippen LogP contribution in [0.5, 0.6) is 11.5 Å². The van der Waals surface area contributed by atoms with Crippen LogP contribution in [0.3, 0.4) is 0 Å². The van der Waals surface area contributed by atoms with Crippen LogP contribution in [0.15, 0.2) is 74.0 Å². The highest BCUT2D eigenvalue weighted by Gasteiger charge is 2.34. The maximum atomic E-state index is 13.9. The van der Waals surface area contributed by atoms with Crippen molar-refractivity contribution in [1.29, 1.82) is 0 Å². The van der Waals surface area contributed by atoms with E-state index in [0.29, 0.717) is 54.2 Å². The molecular formula is C30H23ClN2O8S. The lowest BCUT2D eigenvalue weighted by Crippen LogP contribution is -2.39. The summed E-state index contributed by atoms with van der Waals surface area (Å²) in [7, 11) is 1.29. The highest BCUT2D eigenvalue weighted by atomic mass is 35.5. The van der Waals surface area contributed by atoms with Gasteiger partial charge in [-0.25, -0.2) is 14.6 Å². The molecule has 4 aromatic rings. The van der Waals surface area contributed by atoms with E-state index in [2.05, 4.69) is 4.99 Å². The topological polar surface area (TPSA) is 119 Å². The van der Waals surface area contributed by atoms with Gasteiger partial charge in [0.2, 0.25) is 6.79 Å². The highest BCUT2D eigenvalue weighted by molar-refractivity contribution is 7.07. The van der Waals surface area contributed by atoms with Crippen molar-refractivity contribution < 1.29 is 33.0 Å². The minimum atomic E-state index is -0.807. The number of nitrogens with zero attached hydrogens (tertiary/aromatic N) is 2. The summed E-state index contributed by atoms with van der Waals surface area (Å²) >= 11 is 7.35. The normalized spacial score (nSPS) is 15.8. The molecule has 0 spiro atoms. The molecule has 0 fully saturated rings. The number of fused-ring (bicyclic) bond motifs is 2. The van der Waals surface area contributed by atoms with Crippen LogP contribution in [0, 0.1) is 0 Å². The third-order valence-corrected chi connectivity index (χ3v) is 8.00. The van der Waals surface area contributed by atoms with Crippen molar-refractivity contribution in [1.82, 2.24) is 4.57 Å². The van der Waals surface area contributed by atoms with Crippen LogP contribution in [0.4, 0.5) is 0 Å². The van der Waals surface area contributed by atoms with Gasteiger partial charge >= 0.3 is 11.9 Å². The van der Waals surface area contributed by atoms with Crippen LogP contribution in [0.25, 0.3) is 17.4 Å². The number of aromatic nitrogens is 1. The van der Waals surface area contributed by atoms with Crippen molar-refractivity contribution in [3.05, 3.63) is 101 Å². The predicted octanol–water partition coefficient (Wildman–Crippen LogP) is 4.23. The van der Waals surface area contributed by atoms with Crippen LogP contribution < -0.4 is 24.4 Å². The number of methoxy groups -OCH3 is 1. The first-order chi connectivity index (χ1) is 20.3. The molecule has 2 aliphatic heterocycles. The Kier molecular flexibility index (Phi) is 7.21. The van der Waals surface area contributed by atoms with Gasteiger partial charge in [-0.1, -0.05) is 29.0 Å². The molecule has 0 amide bonds. The Balaban J connectivity index is 1.47. The Morgan fingerprint density at radius 3 is 2.71 bits per heavy atom. The van der Waals surface area contributed by atoms with E-state index in [1.54, 1.807) is 68.5 Å². The Bertz CT molecular complexity index is 1970. The first-order valence-corrected chi connectivity index (χ1v) is 14.1. The molecule has 2 aromatic carbocycles. The Labute approximate surface area is 247 Å². The minimum Gasteiger partial charge on any atom is -0.465 e. The van der Waals surface area contributed by atoms with Gasteiger partial charge in [0.05, 0.1) is 41.1 Å². The molecule has 0 radical (unpaired) electrons. The summed E-state index contributed by atoms with van der Waals surface area (Å²) in [6.07, 6.45) is 1.59. The van der Waals surface area contributed by atoms with E-state index in [9.17, 15) is 14.4 Å². The van der Waals surface area contributed by atoms with Crippen molar-refractivity contribution in [2.75, 3.05) is 20.5 Å². The zero-order valence-corrected chi connectivity index (χ0v) is 24.2. The van der Waals surface area contributed by atoms with E-state index in [4.69, 9.17) is 35.0 Å². The fourth-order valence-corrected chi connectivity index (χ4v) is 6.10. The van der Waals surface area contributed by atoms with E-state index < -0.39 is 18.0 Å². The van der Waals surface area contributed by atoms with Crippen LogP contribution in [0.2, 0.25) is 5.02 Å². The number of carbonyl (C=O) groups excluding carboxylic acids is 2. The molecule has 4 heterocycles. The molecule has 0 saturated heterocycles. The van der Waals surface area contributed by atoms with Crippen LogP contribution in [-0.4, -0.2) is 37.0 Å². The number of benzene rings is 2. The third-order valence-electron chi connectivity index (χ3n) is 6.78. The molecule has 2 aromatic heterocycles. The van der Waals surface area contributed by atoms with Crippen LogP contribution >= 0.6 is 22.9 Å². The van der Waals surface area contributed by atoms with Crippen LogP contribution in [-0.2, 0) is 14.3 Å². The predicted molar refractivity (Wildman–Crippen MR) is 153 cm³/mol. The summed E-state index contributed by atoms with van der Waals surface area (Å²) in [4.78, 5) is 44.3. The first kappa shape index (κ1) is 27.6. The van der Waals surface area contributed by atoms with E-state index in [-0.39, 0.29) is 30.1 Å². The van der Waals surface area contributed by atoms with E-state index in [1.807, 2.05) is 0 Å². The Morgan fingerprint density at radius 1 is 1.12 bits per heavy atom. The van der Waals surface area contributed by atoms with Gasteiger partial charge in [-0.2, -0.15) is 0 Å². The number of halogens is 1. The molecule has 6 rings (SSSR count). The van der Waals surface area contributed by atoms with Gasteiger partial charge in [0, 0.05) is 16.7 Å². The summed E-state index contributed by atoms with van der Waals surface area (Å²) in [5.74, 6) is 0.734. The van der Waals surface area contributed by atoms with E-state index in [0.717, 1.165) is 11.3 Å². The van der Waals surface area contributed by atoms with Crippen molar-refractivity contribution >= 4 is 41.0 Å². The first-order valence-electron chi connectivity index (χ1n) is 12.9. The third kappa shape index (κ3) is 4.80. The van der Waals surface area contributed by atoms with Gasteiger partial charge in [-0.3, -0.25) is 9.36 Å². The zero-order valence-electron chi connectivity index (χ0n) is 22.6. The molecule has 2 aliphatic rings. The van der Waals surface area contributed by atoms with E-state index in [1.165, 1.54) is 11.7 Å². The van der Waals surface area contributed by atoms with Crippen molar-refractivity contribution in [2.24, 2.45) is 4.99 Å². The molecule has 0 unspecified atom stereocenters. The summed E-state index contributed by atoms with van der Waals surface area (Å²) in [6, 6.07) is 12.6. The quantitative estimate of drug-likeness (QED) is 0.299. The molecule has 10 nitrogen and oxygen atoms in total. The van der Waals surface area contributed by atoms with E-state index >= 15 is 0 Å². The SMILES string of the molecule is CCOC(=O)C1=C(C)N=c2s/c(=C/c3ccc(-c4cc(Cl)ccc4C(=O)OC)o3)c(=O)n2[C@@H]1c1ccc2c(c1)OCO2. The monoisotopic (exact) mass is 606 g/mol. The summed E-state index contributed by atoms with van der Waals surface area (Å²) in [5.41, 5.74) is 1.71. The molecular weight excluding hydrogens is 584 g/mol. The molecule has 1 atom stereocenters. The molecule has 0 saturated carbocycles. The highest BCUT2D eigenvalue weighted by Crippen LogP contribution is 2.38. The fraction of sp³-hybridized carbons (Fsp3) is 0.200. The number of furan rings is 1. The van der Waals surface area contributed by atoms with Crippen molar-refractivity contribution in [3.8, 4) is 22.8 Å². The molecule has 0 N–H and O–H groups in total. The van der Waals surface area contributed by atoms with Crippen LogP contribution in [0.1, 0.15) is 41.6 Å². The molecule has 12 heteroatoms. The van der Waals surface area contributed by atoms with Gasteiger partial charge in [0.1, 0.15) is 11.5 Å². The van der Waals surface area contributed by atoms with Gasteiger partial charge in [-0.15, -0.1) is 0 Å². The lowest BCUT2D eigenvalue weighted by Gasteiger charge is -2.24. The number of hydrogen-bond acceptors (Lipinski definition) is 10. The molecule has 0 bridgehead atoms. The van der Waals surface area contributed by atoms with Gasteiger partial charge in [0.15, 0.2) is 16.3 Å². The van der Waals surface area contributed by atoms with Gasteiger partial charge in [0.25, 0.3) is 5.56 Å². The second kappa shape index (κ2) is 11.0. The summed E-state index contributed by atoms with van der Waals surface area (Å²) in [5, 5.41) is 0.417. The average molecular weight is 607 g/mol. The largest absolute Gasteiger partial charge is 0.465 e. The molecule has 0 aliphatic carbocycles. The number of ether oxygens (including phenoxy) is 4. The maximum absolute atomic E-state index is 13.9. The van der Waals surface area contributed by atoms with Gasteiger partial charge < -0.3 is 23.4 Å². The number of esters is 2. The number of hydrogen-bond donors (Lipinski definition) is 0. The number of rotatable bonds is 6. The average Bonchev–Trinajstić information content (AvgIpc) is 3.71. The standard InChI is InChI=1S/C30H23ClN2O8S/c1-4-38-29(36)25-15(2)32-30-33(26(25)16-5-9-22-23(11-16)40-14-39-22)27(34)24(42-30)13-18-7-10-21(41-18)20-12-17(31)6-8-19(20)28(35)37-3/h5-13,26H,4,14H2,1-3H3/b24-13+/t26-/m1/s1. The minimum absolute atomic E-state index is 0.0859. The maximum Gasteiger partial charge on any atom is 0.338 e. The second-order valence-electron chi connectivity index (χ2n) is 9.30. The Morgan fingerprint density at radius 2 is 1.93 bits per heavy atom. The summed E-state index contributed by atoms with van der Waals surface area (Å²) < 4.78 is 29.1. The summed E-state index contributed by atoms with van der Waals surface area (Å²) in [6.45, 7) is 3.68. The smallest absolute Gasteiger partial charge is 0.338 e. The zero-order chi connectivity index (χ0) is 29.5. The van der Waals surface area contributed by atoms with Crippen molar-refractivity contribution in [2.45, 2.75) is 19.9 Å². The second-order valence-corrected chi connectivity index (χ2v) is 10.7. The lowest BCUT2D eigenvalue weighted by molar-refractivity contribution is -0.139. The lowest BCUT2D eigenvalue weighted by atomic mass is 9.95. The van der Waals surface area contributed by atoms with Crippen molar-refractivity contribution in [3.63, 3.8) is 0 Å². The number of thiazole rings is 1. The fourth-order valence-electron chi connectivity index (χ4n) is 4.90. The molecule has 42 heavy (non-hydrogen) atoms. The number of allylic oxidation sites excluding steroid dienone is 1.